The van der Waals surface area contributed by atoms with Crippen LogP contribution in [0.3, 0.4) is 0 Å². The van der Waals surface area contributed by atoms with Crippen LogP contribution in [0, 0.1) is 0 Å². The van der Waals surface area contributed by atoms with Crippen LogP contribution in [0.25, 0.3) is 0 Å². The van der Waals surface area contributed by atoms with Gasteiger partial charge >= 0.3 is 0 Å². The molecule has 8 heteroatoms. The minimum atomic E-state index is -0.432. The first kappa shape index (κ1) is 19.1. The van der Waals surface area contributed by atoms with Crippen LogP contribution < -0.4 is 11.1 Å². The third-order valence-corrected chi connectivity index (χ3v) is 5.03. The third kappa shape index (κ3) is 4.29. The van der Waals surface area contributed by atoms with E-state index in [4.69, 9.17) is 17.3 Å². The number of carbonyl (C=O) groups excluding carboxylic acids is 2. The van der Waals surface area contributed by atoms with Crippen LogP contribution in [0.4, 0.5) is 5.69 Å². The maximum Gasteiger partial charge on any atom is 0.238 e. The van der Waals surface area contributed by atoms with Crippen molar-refractivity contribution in [2.75, 3.05) is 18.9 Å². The average molecular weight is 364 g/mol. The zero-order valence-electron chi connectivity index (χ0n) is 12.3. The van der Waals surface area contributed by atoms with Crippen molar-refractivity contribution in [1.82, 2.24) is 4.90 Å². The normalized spacial score (nSPS) is 17.8. The summed E-state index contributed by atoms with van der Waals surface area (Å²) in [5.74, 6) is -0.255. The number of halogens is 2. The predicted octanol–water partition coefficient (Wildman–Crippen LogP) is 2.37. The highest BCUT2D eigenvalue weighted by Crippen LogP contribution is 2.38. The second kappa shape index (κ2) is 8.06. The number of hydrogen-bond acceptors (Lipinski definition) is 4. The minimum Gasteiger partial charge on any atom is -0.342 e. The Morgan fingerprint density at radius 3 is 2.86 bits per heavy atom. The van der Waals surface area contributed by atoms with E-state index in [9.17, 15) is 9.59 Å². The molecule has 2 unspecified atom stereocenters. The molecule has 122 valence electrons. The highest BCUT2D eigenvalue weighted by molar-refractivity contribution is 8.01. The summed E-state index contributed by atoms with van der Waals surface area (Å²) in [4.78, 5) is 26.8. The Labute approximate surface area is 145 Å². The molecule has 0 aliphatic carbocycles. The average Bonchev–Trinajstić information content (AvgIpc) is 2.46. The highest BCUT2D eigenvalue weighted by atomic mass is 35.5. The van der Waals surface area contributed by atoms with Crippen molar-refractivity contribution in [1.29, 1.82) is 0 Å². The number of thioether (sulfide) groups is 1. The second-order valence-electron chi connectivity index (χ2n) is 5.03. The summed E-state index contributed by atoms with van der Waals surface area (Å²) in [6.07, 6.45) is 0.152. The van der Waals surface area contributed by atoms with Gasteiger partial charge in [-0.2, -0.15) is 0 Å². The van der Waals surface area contributed by atoms with Gasteiger partial charge in [0.15, 0.2) is 0 Å². The maximum atomic E-state index is 12.2. The number of fused-ring (bicyclic) bond motifs is 1. The molecule has 3 N–H and O–H groups in total. The monoisotopic (exact) mass is 363 g/mol. The number of nitrogens with one attached hydrogen (secondary N) is 1. The van der Waals surface area contributed by atoms with Gasteiger partial charge in [0.2, 0.25) is 11.8 Å². The van der Waals surface area contributed by atoms with Crippen LogP contribution >= 0.6 is 35.8 Å². The molecule has 2 amide bonds. The first-order valence-corrected chi connectivity index (χ1v) is 7.91. The second-order valence-corrected chi connectivity index (χ2v) is 6.71. The summed E-state index contributed by atoms with van der Waals surface area (Å²) in [6.45, 7) is 2.27. The van der Waals surface area contributed by atoms with Crippen molar-refractivity contribution in [2.24, 2.45) is 5.73 Å². The van der Waals surface area contributed by atoms with E-state index < -0.39 is 5.25 Å². The molecule has 0 fully saturated rings. The van der Waals surface area contributed by atoms with Gasteiger partial charge in [-0.25, -0.2) is 0 Å². The van der Waals surface area contributed by atoms with Crippen molar-refractivity contribution in [2.45, 2.75) is 29.5 Å². The molecule has 0 bridgehead atoms. The van der Waals surface area contributed by atoms with Crippen molar-refractivity contribution in [3.8, 4) is 0 Å². The van der Waals surface area contributed by atoms with E-state index in [0.29, 0.717) is 17.3 Å². The molecule has 0 aromatic heterocycles. The minimum absolute atomic E-state index is 0. The molecule has 2 atom stereocenters. The Morgan fingerprint density at radius 1 is 1.55 bits per heavy atom. The lowest BCUT2D eigenvalue weighted by Crippen LogP contribution is -2.42. The zero-order valence-corrected chi connectivity index (χ0v) is 14.7. The number of likely N-dealkylation sites (N-methyl/N-ethyl adjacent to an activating group) is 1. The van der Waals surface area contributed by atoms with E-state index in [2.05, 4.69) is 5.32 Å². The molecule has 1 aromatic carbocycles. The van der Waals surface area contributed by atoms with Crippen molar-refractivity contribution in [3.63, 3.8) is 0 Å². The number of nitrogens with zero attached hydrogens (tertiary/aromatic N) is 1. The van der Waals surface area contributed by atoms with Crippen LogP contribution in [-0.2, 0) is 9.59 Å². The standard InChI is InChI=1S/C14H18ClN3O2S.ClH/c1-8(7-16)18(2)13(19)6-12-14(20)17-10-5-9(15)3-4-11(10)21-12;/h3-5,8,12H,6-7,16H2,1-2H3,(H,17,20);1H. The van der Waals surface area contributed by atoms with Crippen molar-refractivity contribution < 1.29 is 9.59 Å². The van der Waals surface area contributed by atoms with E-state index in [1.165, 1.54) is 11.8 Å². The Kier molecular flexibility index (Phi) is 6.99. The lowest BCUT2D eigenvalue weighted by Gasteiger charge is -2.28. The predicted molar refractivity (Wildman–Crippen MR) is 92.9 cm³/mol. The van der Waals surface area contributed by atoms with Crippen molar-refractivity contribution in [3.05, 3.63) is 23.2 Å². The molecule has 0 radical (unpaired) electrons. The Hall–Kier alpha value is -0.950. The quantitative estimate of drug-likeness (QED) is 0.860. The fourth-order valence-corrected chi connectivity index (χ4v) is 3.22. The number of benzene rings is 1. The molecule has 0 spiro atoms. The van der Waals surface area contributed by atoms with Gasteiger partial charge in [-0.05, 0) is 25.1 Å². The maximum absolute atomic E-state index is 12.2. The topological polar surface area (TPSA) is 75.4 Å². The summed E-state index contributed by atoms with van der Waals surface area (Å²) < 4.78 is 0. The van der Waals surface area contributed by atoms with Gasteiger partial charge in [-0.1, -0.05) is 11.6 Å². The van der Waals surface area contributed by atoms with E-state index in [1.54, 1.807) is 24.1 Å². The smallest absolute Gasteiger partial charge is 0.238 e. The van der Waals surface area contributed by atoms with E-state index in [0.717, 1.165) is 4.90 Å². The number of carbonyl (C=O) groups is 2. The van der Waals surface area contributed by atoms with Gasteiger partial charge in [0, 0.05) is 36.0 Å². The fourth-order valence-electron chi connectivity index (χ4n) is 1.96. The van der Waals surface area contributed by atoms with Crippen LogP contribution in [0.1, 0.15) is 13.3 Å². The molecule has 0 saturated carbocycles. The molecule has 1 heterocycles. The lowest BCUT2D eigenvalue weighted by molar-refractivity contribution is -0.132. The molecule has 1 aromatic rings. The largest absolute Gasteiger partial charge is 0.342 e. The van der Waals surface area contributed by atoms with E-state index in [-0.39, 0.29) is 36.7 Å². The molecule has 1 aliphatic rings. The van der Waals surface area contributed by atoms with E-state index in [1.807, 2.05) is 13.0 Å². The van der Waals surface area contributed by atoms with Gasteiger partial charge < -0.3 is 16.0 Å². The van der Waals surface area contributed by atoms with Gasteiger partial charge in [0.1, 0.15) is 0 Å². The molecule has 1 aliphatic heterocycles. The highest BCUT2D eigenvalue weighted by Gasteiger charge is 2.30. The van der Waals surface area contributed by atoms with E-state index >= 15 is 0 Å². The van der Waals surface area contributed by atoms with Crippen LogP contribution in [0.2, 0.25) is 5.02 Å². The number of rotatable bonds is 4. The summed E-state index contributed by atoms with van der Waals surface area (Å²) in [6, 6.07) is 5.29. The zero-order chi connectivity index (χ0) is 15.6. The molecule has 0 saturated heterocycles. The molecule has 2 rings (SSSR count). The summed E-state index contributed by atoms with van der Waals surface area (Å²) in [5, 5.41) is 2.94. The molecular formula is C14H19Cl2N3O2S. The number of nitrogens with two attached hydrogens (primary N) is 1. The van der Waals surface area contributed by atoms with Gasteiger partial charge in [0.25, 0.3) is 0 Å². The van der Waals surface area contributed by atoms with Gasteiger partial charge in [-0.3, -0.25) is 9.59 Å². The fraction of sp³-hybridized carbons (Fsp3) is 0.429. The van der Waals surface area contributed by atoms with Crippen LogP contribution in [-0.4, -0.2) is 41.6 Å². The number of anilines is 1. The van der Waals surface area contributed by atoms with Gasteiger partial charge in [-0.15, -0.1) is 24.2 Å². The summed E-state index contributed by atoms with van der Waals surface area (Å²) in [7, 11) is 1.71. The lowest BCUT2D eigenvalue weighted by atomic mass is 10.2. The summed E-state index contributed by atoms with van der Waals surface area (Å²) in [5.41, 5.74) is 6.26. The summed E-state index contributed by atoms with van der Waals surface area (Å²) >= 11 is 7.29. The Morgan fingerprint density at radius 2 is 2.23 bits per heavy atom. The Balaban J connectivity index is 0.00000242. The Bertz CT molecular complexity index is 571. The molecular weight excluding hydrogens is 345 g/mol. The first-order chi connectivity index (χ1) is 9.92. The van der Waals surface area contributed by atoms with Crippen LogP contribution in [0.5, 0.6) is 0 Å². The SMILES string of the molecule is CC(CN)N(C)C(=O)CC1Sc2ccc(Cl)cc2NC1=O.Cl. The van der Waals surface area contributed by atoms with Crippen molar-refractivity contribution >= 4 is 53.3 Å². The molecule has 22 heavy (non-hydrogen) atoms. The van der Waals surface area contributed by atoms with Gasteiger partial charge in [0.05, 0.1) is 10.9 Å². The third-order valence-electron chi connectivity index (χ3n) is 3.52. The number of amides is 2. The molecule has 5 nitrogen and oxygen atoms in total. The number of hydrogen-bond donors (Lipinski definition) is 2. The van der Waals surface area contributed by atoms with Crippen LogP contribution in [0.15, 0.2) is 23.1 Å². The first-order valence-electron chi connectivity index (χ1n) is 6.65.